The first-order valence-electron chi connectivity index (χ1n) is 17.0. The third-order valence-corrected chi connectivity index (χ3v) is 8.89. The molecule has 0 bridgehead atoms. The summed E-state index contributed by atoms with van der Waals surface area (Å²) in [4.78, 5) is 39.2. The fraction of sp³-hybridized carbons (Fsp3) is 0.289. The van der Waals surface area contributed by atoms with Crippen molar-refractivity contribution in [3.63, 3.8) is 0 Å². The fourth-order valence-corrected chi connectivity index (χ4v) is 6.47. The van der Waals surface area contributed by atoms with Crippen LogP contribution in [0, 0.1) is 6.92 Å². The summed E-state index contributed by atoms with van der Waals surface area (Å²) in [5.41, 5.74) is 0.688. The molecule has 0 unspecified atom stereocenters. The van der Waals surface area contributed by atoms with Crippen LogP contribution in [0.25, 0.3) is 32.9 Å². The number of furan rings is 3. The van der Waals surface area contributed by atoms with Crippen LogP contribution in [-0.2, 0) is 37.8 Å². The molecule has 0 spiro atoms. The number of carbonyl (C=O) groups is 3. The predicted octanol–water partition coefficient (Wildman–Crippen LogP) is 3.40. The smallest absolute Gasteiger partial charge is 0.716 e. The van der Waals surface area contributed by atoms with Crippen LogP contribution in [0.4, 0.5) is 0 Å². The van der Waals surface area contributed by atoms with Gasteiger partial charge in [0.25, 0.3) is 10.4 Å². The van der Waals surface area contributed by atoms with E-state index in [0.29, 0.717) is 16.7 Å². The van der Waals surface area contributed by atoms with E-state index in [2.05, 4.69) is 4.18 Å². The number of benzene rings is 3. The number of fused-ring (bicyclic) bond motifs is 3. The van der Waals surface area contributed by atoms with Crippen molar-refractivity contribution in [2.24, 2.45) is 0 Å². The molecule has 0 saturated carbocycles. The van der Waals surface area contributed by atoms with Crippen molar-refractivity contribution in [3.8, 4) is 34.5 Å². The molecule has 18 nitrogen and oxygen atoms in total. The number of esters is 3. The standard InChI is InChI=1S/C38H36O18S.Na/c1-8-49-37(40)33-18(3)53-22-13-25(45-4)28(10-19(22)33)52-17-32-35(38(41)50-9-2)20-11-29(26(46-5)14-23(20)55-32)51-16-31-34(36(39)48-7)21-12-30(56-57(42,43)44)27(47-6)15-24(21)54-31;/h10-15H,8-9,16-17H2,1-7H3,(H,42,43,44);/q;+1/p-1. The first-order chi connectivity index (χ1) is 27.2. The number of hydrogen-bond donors (Lipinski definition) is 0. The van der Waals surface area contributed by atoms with Gasteiger partial charge in [0.05, 0.1) is 41.7 Å². The van der Waals surface area contributed by atoms with Gasteiger partial charge in [-0.15, -0.1) is 0 Å². The van der Waals surface area contributed by atoms with Crippen molar-refractivity contribution in [1.82, 2.24) is 0 Å². The second-order valence-electron chi connectivity index (χ2n) is 11.8. The number of methoxy groups -OCH3 is 4. The Hall–Kier alpha value is -5.60. The largest absolute Gasteiger partial charge is 1.00 e. The van der Waals surface area contributed by atoms with Gasteiger partial charge in [0.2, 0.25) is 0 Å². The molecule has 0 aliphatic rings. The maximum atomic E-state index is 13.5. The van der Waals surface area contributed by atoms with E-state index >= 15 is 0 Å². The Labute approximate surface area is 352 Å². The quantitative estimate of drug-likeness (QED) is 0.0447. The normalized spacial score (nSPS) is 11.2. The van der Waals surface area contributed by atoms with Gasteiger partial charge in [-0.1, -0.05) is 0 Å². The summed E-state index contributed by atoms with van der Waals surface area (Å²) in [6.07, 6.45) is 0. The molecular weight excluding hydrogens is 799 g/mol. The Morgan fingerprint density at radius 3 is 1.41 bits per heavy atom. The summed E-state index contributed by atoms with van der Waals surface area (Å²) in [5.74, 6) is -1.81. The molecule has 6 rings (SSSR count). The second kappa shape index (κ2) is 17.9. The summed E-state index contributed by atoms with van der Waals surface area (Å²) in [6.45, 7) is 4.42. The molecule has 0 aliphatic carbocycles. The van der Waals surface area contributed by atoms with Crippen molar-refractivity contribution >= 4 is 61.2 Å². The Kier molecular flexibility index (Phi) is 13.4. The van der Waals surface area contributed by atoms with Gasteiger partial charge in [-0.05, 0) is 39.0 Å². The van der Waals surface area contributed by atoms with Crippen molar-refractivity contribution < 1.29 is 112 Å². The Bertz CT molecular complexity index is 2630. The minimum absolute atomic E-state index is 0. The molecule has 302 valence electrons. The van der Waals surface area contributed by atoms with Gasteiger partial charge in [-0.2, -0.15) is 0 Å². The van der Waals surface area contributed by atoms with Crippen LogP contribution >= 0.6 is 0 Å². The van der Waals surface area contributed by atoms with Gasteiger partial charge in [0, 0.05) is 34.4 Å². The average Bonchev–Trinajstić information content (AvgIpc) is 3.82. The third kappa shape index (κ3) is 8.63. The van der Waals surface area contributed by atoms with Gasteiger partial charge < -0.3 is 59.9 Å². The van der Waals surface area contributed by atoms with E-state index in [-0.39, 0.29) is 128 Å². The van der Waals surface area contributed by atoms with Gasteiger partial charge in [-0.25, -0.2) is 22.8 Å². The summed E-state index contributed by atoms with van der Waals surface area (Å²) < 4.78 is 100. The maximum Gasteiger partial charge on any atom is 1.00 e. The summed E-state index contributed by atoms with van der Waals surface area (Å²) >= 11 is 0. The van der Waals surface area contributed by atoms with Crippen LogP contribution in [0.1, 0.15) is 62.2 Å². The van der Waals surface area contributed by atoms with E-state index in [1.807, 2.05) is 0 Å². The zero-order chi connectivity index (χ0) is 41.2. The predicted molar refractivity (Wildman–Crippen MR) is 195 cm³/mol. The average molecular weight is 835 g/mol. The molecule has 58 heavy (non-hydrogen) atoms. The van der Waals surface area contributed by atoms with Gasteiger partial charge in [0.1, 0.15) is 52.4 Å². The van der Waals surface area contributed by atoms with E-state index in [1.54, 1.807) is 32.9 Å². The van der Waals surface area contributed by atoms with Crippen LogP contribution in [0.15, 0.2) is 49.6 Å². The van der Waals surface area contributed by atoms with Crippen LogP contribution < -0.4 is 57.4 Å². The van der Waals surface area contributed by atoms with Crippen LogP contribution in [0.5, 0.6) is 34.5 Å². The Morgan fingerprint density at radius 1 is 0.586 bits per heavy atom. The first kappa shape index (κ1) is 43.5. The zero-order valence-electron chi connectivity index (χ0n) is 32.5. The molecule has 6 aromatic rings. The minimum Gasteiger partial charge on any atom is -0.716 e. The zero-order valence-corrected chi connectivity index (χ0v) is 35.4. The molecule has 0 amide bonds. The molecule has 0 fully saturated rings. The molecular formula is C38H35NaO18S. The third-order valence-electron chi connectivity index (χ3n) is 8.50. The van der Waals surface area contributed by atoms with E-state index in [9.17, 15) is 27.4 Å². The Morgan fingerprint density at radius 2 is 0.983 bits per heavy atom. The topological polar surface area (TPSA) is 231 Å². The molecule has 20 heteroatoms. The Balaban J connectivity index is 0.00000641. The van der Waals surface area contributed by atoms with Crippen molar-refractivity contribution in [1.29, 1.82) is 0 Å². The molecule has 3 heterocycles. The first-order valence-corrected chi connectivity index (χ1v) is 18.3. The summed E-state index contributed by atoms with van der Waals surface area (Å²) in [6, 6.07) is 8.37. The van der Waals surface area contributed by atoms with Gasteiger partial charge >= 0.3 is 47.5 Å². The number of hydrogen-bond acceptors (Lipinski definition) is 18. The van der Waals surface area contributed by atoms with E-state index < -0.39 is 40.7 Å². The van der Waals surface area contributed by atoms with Crippen LogP contribution in [0.3, 0.4) is 0 Å². The molecule has 0 atom stereocenters. The van der Waals surface area contributed by atoms with Gasteiger partial charge in [0.15, 0.2) is 46.0 Å². The number of aryl methyl sites for hydroxylation is 1. The van der Waals surface area contributed by atoms with Crippen molar-refractivity contribution in [3.05, 3.63) is 70.4 Å². The van der Waals surface area contributed by atoms with Crippen molar-refractivity contribution in [2.75, 3.05) is 41.7 Å². The van der Waals surface area contributed by atoms with Crippen LogP contribution in [0.2, 0.25) is 0 Å². The molecule has 3 aromatic heterocycles. The molecule has 3 aromatic carbocycles. The molecule has 0 N–H and O–H groups in total. The monoisotopic (exact) mass is 834 g/mol. The van der Waals surface area contributed by atoms with Crippen molar-refractivity contribution in [2.45, 2.75) is 34.0 Å². The summed E-state index contributed by atoms with van der Waals surface area (Å²) in [7, 11) is -0.0856. The van der Waals surface area contributed by atoms with Gasteiger partial charge in [-0.3, -0.25) is 0 Å². The second-order valence-corrected chi connectivity index (χ2v) is 12.8. The number of rotatable bonds is 16. The SMILES string of the molecule is CCOC(=O)c1c(C)oc2cc(OC)c(OCc3oc4cc(OC)c(OCc5oc6cc(OC)c(OS(=O)(=O)[O-])cc6c5C(=O)OC)cc4c3C(=O)OCC)cc12.[Na+]. The minimum atomic E-state index is -5.22. The van der Waals surface area contributed by atoms with Crippen LogP contribution in [-0.4, -0.2) is 72.5 Å². The molecule has 0 aliphatic heterocycles. The fourth-order valence-electron chi connectivity index (χ4n) is 6.12. The number of ether oxygens (including phenoxy) is 8. The van der Waals surface area contributed by atoms with E-state index in [4.69, 9.17) is 51.1 Å². The van der Waals surface area contributed by atoms with E-state index in [0.717, 1.165) is 13.2 Å². The molecule has 0 saturated heterocycles. The van der Waals surface area contributed by atoms with E-state index in [1.165, 1.54) is 39.5 Å². The summed E-state index contributed by atoms with van der Waals surface area (Å²) in [5, 5.41) is 0.706. The number of carbonyl (C=O) groups excluding carboxylic acids is 3. The maximum absolute atomic E-state index is 13.5. The molecule has 0 radical (unpaired) electrons.